The van der Waals surface area contributed by atoms with Gasteiger partial charge in [-0.1, -0.05) is 0 Å². The van der Waals surface area contributed by atoms with E-state index in [4.69, 9.17) is 0 Å². The first-order chi connectivity index (χ1) is 9.47. The Hall–Kier alpha value is -1.11. The molecule has 2 aliphatic rings. The van der Waals surface area contributed by atoms with Crippen LogP contribution in [-0.2, 0) is 4.79 Å². The van der Waals surface area contributed by atoms with Gasteiger partial charge in [0, 0.05) is 34.9 Å². The summed E-state index contributed by atoms with van der Waals surface area (Å²) in [7, 11) is 4.20. The van der Waals surface area contributed by atoms with Crippen molar-refractivity contribution >= 4 is 33.2 Å². The highest BCUT2D eigenvalue weighted by molar-refractivity contribution is 9.10. The molecule has 108 valence electrons. The summed E-state index contributed by atoms with van der Waals surface area (Å²) in [4.78, 5) is 16.1. The molecule has 2 atom stereocenters. The van der Waals surface area contributed by atoms with E-state index in [1.165, 1.54) is 0 Å². The van der Waals surface area contributed by atoms with E-state index in [0.29, 0.717) is 17.3 Å². The lowest BCUT2D eigenvalue weighted by molar-refractivity contribution is -0.123. The SMILES string of the molecule is CN(C)C1CCN(c2cc3c(cc2Br)C(O)C(=O)N3)C1. The molecule has 2 N–H and O–H groups in total. The van der Waals surface area contributed by atoms with Gasteiger partial charge in [-0.3, -0.25) is 4.79 Å². The van der Waals surface area contributed by atoms with Crippen LogP contribution in [-0.4, -0.2) is 49.1 Å². The van der Waals surface area contributed by atoms with E-state index in [1.54, 1.807) is 0 Å². The summed E-state index contributed by atoms with van der Waals surface area (Å²) in [5.41, 5.74) is 2.44. The number of nitrogens with zero attached hydrogens (tertiary/aromatic N) is 2. The normalized spacial score (nSPS) is 25.2. The number of benzene rings is 1. The maximum absolute atomic E-state index is 11.5. The summed E-state index contributed by atoms with van der Waals surface area (Å²) >= 11 is 3.56. The molecule has 6 heteroatoms. The molecule has 1 saturated heterocycles. The highest BCUT2D eigenvalue weighted by atomic mass is 79.9. The van der Waals surface area contributed by atoms with Crippen molar-refractivity contribution in [3.8, 4) is 0 Å². The monoisotopic (exact) mass is 339 g/mol. The molecular formula is C14H18BrN3O2. The summed E-state index contributed by atoms with van der Waals surface area (Å²) in [6.07, 6.45) is 0.0781. The number of halogens is 1. The number of anilines is 2. The molecule has 0 saturated carbocycles. The molecule has 0 aliphatic carbocycles. The zero-order valence-corrected chi connectivity index (χ0v) is 13.1. The molecule has 0 bridgehead atoms. The van der Waals surface area contributed by atoms with Crippen molar-refractivity contribution in [1.82, 2.24) is 4.90 Å². The van der Waals surface area contributed by atoms with Gasteiger partial charge in [-0.15, -0.1) is 0 Å². The van der Waals surface area contributed by atoms with Crippen molar-refractivity contribution in [3.05, 3.63) is 22.2 Å². The van der Waals surface area contributed by atoms with Crippen LogP contribution >= 0.6 is 15.9 Å². The lowest BCUT2D eigenvalue weighted by atomic mass is 10.1. The topological polar surface area (TPSA) is 55.8 Å². The third kappa shape index (κ3) is 2.21. The first-order valence-electron chi connectivity index (χ1n) is 6.71. The van der Waals surface area contributed by atoms with Crippen molar-refractivity contribution in [2.45, 2.75) is 18.6 Å². The molecule has 0 radical (unpaired) electrons. The molecule has 1 fully saturated rings. The summed E-state index contributed by atoms with van der Waals surface area (Å²) < 4.78 is 0.922. The van der Waals surface area contributed by atoms with Gasteiger partial charge in [-0.2, -0.15) is 0 Å². The van der Waals surface area contributed by atoms with Gasteiger partial charge in [-0.25, -0.2) is 0 Å². The summed E-state index contributed by atoms with van der Waals surface area (Å²) in [5.74, 6) is -0.350. The van der Waals surface area contributed by atoms with Gasteiger partial charge in [0.15, 0.2) is 6.10 Å². The fourth-order valence-electron chi connectivity index (χ4n) is 2.88. The Morgan fingerprint density at radius 3 is 2.85 bits per heavy atom. The third-order valence-electron chi connectivity index (χ3n) is 4.15. The largest absolute Gasteiger partial charge is 0.378 e. The van der Waals surface area contributed by atoms with Crippen LogP contribution in [0.5, 0.6) is 0 Å². The Bertz CT molecular complexity index is 562. The molecule has 0 spiro atoms. The van der Waals surface area contributed by atoms with Gasteiger partial charge < -0.3 is 20.2 Å². The number of carbonyl (C=O) groups is 1. The fourth-order valence-corrected chi connectivity index (χ4v) is 3.49. The first-order valence-corrected chi connectivity index (χ1v) is 7.50. The molecule has 2 unspecified atom stereocenters. The number of hydrogen-bond donors (Lipinski definition) is 2. The number of fused-ring (bicyclic) bond motifs is 1. The molecule has 1 aromatic carbocycles. The Kier molecular flexibility index (Phi) is 3.48. The number of aliphatic hydroxyl groups is 1. The van der Waals surface area contributed by atoms with Crippen LogP contribution in [0.25, 0.3) is 0 Å². The van der Waals surface area contributed by atoms with Crippen LogP contribution < -0.4 is 10.2 Å². The Labute approximate surface area is 126 Å². The minimum Gasteiger partial charge on any atom is -0.378 e. The number of rotatable bonds is 2. The molecule has 20 heavy (non-hydrogen) atoms. The maximum Gasteiger partial charge on any atom is 0.257 e. The van der Waals surface area contributed by atoms with Gasteiger partial charge >= 0.3 is 0 Å². The second-order valence-electron chi connectivity index (χ2n) is 5.63. The Balaban J connectivity index is 1.89. The molecule has 5 nitrogen and oxygen atoms in total. The number of nitrogens with one attached hydrogen (secondary N) is 1. The smallest absolute Gasteiger partial charge is 0.257 e. The predicted molar refractivity (Wildman–Crippen MR) is 82.0 cm³/mol. The first kappa shape index (κ1) is 13.9. The quantitative estimate of drug-likeness (QED) is 0.858. The lowest BCUT2D eigenvalue weighted by Crippen LogP contribution is -2.31. The van der Waals surface area contributed by atoms with Crippen LogP contribution in [0.4, 0.5) is 11.4 Å². The minimum atomic E-state index is -1.05. The molecular weight excluding hydrogens is 322 g/mol. The third-order valence-corrected chi connectivity index (χ3v) is 4.79. The summed E-state index contributed by atoms with van der Waals surface area (Å²) in [6.45, 7) is 1.97. The van der Waals surface area contributed by atoms with Crippen LogP contribution in [0.3, 0.4) is 0 Å². The molecule has 0 aromatic heterocycles. The number of aliphatic hydroxyl groups excluding tert-OH is 1. The number of carbonyl (C=O) groups excluding carboxylic acids is 1. The predicted octanol–water partition coefficient (Wildman–Crippen LogP) is 1.57. The van der Waals surface area contributed by atoms with Crippen molar-refractivity contribution in [2.75, 3.05) is 37.4 Å². The number of hydrogen-bond acceptors (Lipinski definition) is 4. The zero-order valence-electron chi connectivity index (χ0n) is 11.6. The molecule has 3 rings (SSSR count). The van der Waals surface area contributed by atoms with Gasteiger partial charge in [0.25, 0.3) is 5.91 Å². The standard InChI is InChI=1S/C14H18BrN3O2/c1-17(2)8-3-4-18(7-8)12-6-11-9(5-10(12)15)13(19)14(20)16-11/h5-6,8,13,19H,3-4,7H2,1-2H3,(H,16,20). The Morgan fingerprint density at radius 1 is 1.45 bits per heavy atom. The highest BCUT2D eigenvalue weighted by Crippen LogP contribution is 2.40. The number of amides is 1. The number of likely N-dealkylation sites (N-methyl/N-ethyl adjacent to an activating group) is 1. The zero-order chi connectivity index (χ0) is 14.4. The van der Waals surface area contributed by atoms with Crippen molar-refractivity contribution in [1.29, 1.82) is 0 Å². The van der Waals surface area contributed by atoms with Gasteiger partial charge in [0.2, 0.25) is 0 Å². The van der Waals surface area contributed by atoms with E-state index in [2.05, 4.69) is 45.1 Å². The average molecular weight is 340 g/mol. The second-order valence-corrected chi connectivity index (χ2v) is 6.49. The van der Waals surface area contributed by atoms with Crippen LogP contribution in [0, 0.1) is 0 Å². The molecule has 2 aliphatic heterocycles. The second kappa shape index (κ2) is 5.02. The van der Waals surface area contributed by atoms with Gasteiger partial charge in [0.1, 0.15) is 0 Å². The van der Waals surface area contributed by atoms with E-state index in [-0.39, 0.29) is 5.91 Å². The maximum atomic E-state index is 11.5. The average Bonchev–Trinajstić information content (AvgIpc) is 2.97. The van der Waals surface area contributed by atoms with Crippen molar-refractivity contribution in [3.63, 3.8) is 0 Å². The highest BCUT2D eigenvalue weighted by Gasteiger charge is 2.31. The van der Waals surface area contributed by atoms with Crippen molar-refractivity contribution < 1.29 is 9.90 Å². The van der Waals surface area contributed by atoms with Gasteiger partial charge in [0.05, 0.1) is 5.69 Å². The van der Waals surface area contributed by atoms with E-state index in [9.17, 15) is 9.90 Å². The summed E-state index contributed by atoms with van der Waals surface area (Å²) in [5, 5.41) is 12.5. The minimum absolute atomic E-state index is 0.350. The van der Waals surface area contributed by atoms with Crippen LogP contribution in [0.2, 0.25) is 0 Å². The summed E-state index contributed by atoms with van der Waals surface area (Å²) in [6, 6.07) is 4.34. The molecule has 2 heterocycles. The van der Waals surface area contributed by atoms with E-state index >= 15 is 0 Å². The van der Waals surface area contributed by atoms with E-state index in [1.807, 2.05) is 12.1 Å². The van der Waals surface area contributed by atoms with Crippen LogP contribution in [0.1, 0.15) is 18.1 Å². The Morgan fingerprint density at radius 2 is 2.20 bits per heavy atom. The van der Waals surface area contributed by atoms with E-state index < -0.39 is 6.10 Å². The lowest BCUT2D eigenvalue weighted by Gasteiger charge is -2.23. The molecule has 1 aromatic rings. The molecule has 1 amide bonds. The van der Waals surface area contributed by atoms with Crippen LogP contribution in [0.15, 0.2) is 16.6 Å². The van der Waals surface area contributed by atoms with Gasteiger partial charge in [-0.05, 0) is 48.6 Å². The van der Waals surface area contributed by atoms with E-state index in [0.717, 1.165) is 29.7 Å². The fraction of sp³-hybridized carbons (Fsp3) is 0.500. The van der Waals surface area contributed by atoms with Crippen molar-refractivity contribution in [2.24, 2.45) is 0 Å².